The highest BCUT2D eigenvalue weighted by Gasteiger charge is 2.30. The van der Waals surface area contributed by atoms with Gasteiger partial charge in [-0.05, 0) is 32.2 Å². The van der Waals surface area contributed by atoms with Gasteiger partial charge in [-0.1, -0.05) is 0 Å². The fraction of sp³-hybridized carbons (Fsp3) is 0.733. The molecular weight excluding hydrogens is 309 g/mol. The average Bonchev–Trinajstić information content (AvgIpc) is 2.47. The van der Waals surface area contributed by atoms with E-state index in [2.05, 4.69) is 15.3 Å². The van der Waals surface area contributed by atoms with Gasteiger partial charge in [0.05, 0.1) is 18.3 Å². The molecule has 1 N–H and O–H groups in total. The first-order valence-corrected chi connectivity index (χ1v) is 7.83. The molecule has 0 spiro atoms. The van der Waals surface area contributed by atoms with Gasteiger partial charge >= 0.3 is 6.18 Å². The number of anilines is 1. The number of piperidine rings is 1. The van der Waals surface area contributed by atoms with Crippen LogP contribution >= 0.6 is 0 Å². The van der Waals surface area contributed by atoms with Gasteiger partial charge in [0.15, 0.2) is 0 Å². The van der Waals surface area contributed by atoms with Crippen LogP contribution < -0.4 is 15.8 Å². The van der Waals surface area contributed by atoms with Crippen molar-refractivity contribution in [2.24, 2.45) is 13.0 Å². The Morgan fingerprint density at radius 3 is 2.61 bits per heavy atom. The minimum Gasteiger partial charge on any atom is -0.370 e. The summed E-state index contributed by atoms with van der Waals surface area (Å²) < 4.78 is 38.2. The van der Waals surface area contributed by atoms with Crippen molar-refractivity contribution in [3.8, 4) is 0 Å². The summed E-state index contributed by atoms with van der Waals surface area (Å²) in [6.45, 7) is 3.73. The van der Waals surface area contributed by atoms with Crippen LogP contribution in [0.1, 0.15) is 26.2 Å². The van der Waals surface area contributed by atoms with Crippen molar-refractivity contribution in [1.82, 2.24) is 15.1 Å². The fourth-order valence-corrected chi connectivity index (χ4v) is 2.82. The Morgan fingerprint density at radius 1 is 1.39 bits per heavy atom. The van der Waals surface area contributed by atoms with Gasteiger partial charge in [-0.25, -0.2) is 4.68 Å². The molecule has 0 amide bonds. The SMILES string of the molecule is C[C@@H](CC(F)(F)F)NCC1CCN(c2cnn(C)c(=O)c2)CC1. The lowest BCUT2D eigenvalue weighted by Gasteiger charge is -2.34. The molecule has 0 saturated carbocycles. The van der Waals surface area contributed by atoms with Gasteiger partial charge in [-0.2, -0.15) is 18.3 Å². The summed E-state index contributed by atoms with van der Waals surface area (Å²) in [5.41, 5.74) is 0.664. The summed E-state index contributed by atoms with van der Waals surface area (Å²) in [5, 5.41) is 6.99. The minimum absolute atomic E-state index is 0.146. The van der Waals surface area contributed by atoms with Crippen LogP contribution in [-0.2, 0) is 7.05 Å². The summed E-state index contributed by atoms with van der Waals surface area (Å²) in [6, 6.07) is 1.01. The number of aryl methyl sites for hydroxylation is 1. The van der Waals surface area contributed by atoms with E-state index in [-0.39, 0.29) is 5.56 Å². The lowest BCUT2D eigenvalue weighted by Crippen LogP contribution is -2.40. The maximum Gasteiger partial charge on any atom is 0.390 e. The molecule has 1 fully saturated rings. The molecule has 0 aromatic carbocycles. The molecule has 1 saturated heterocycles. The van der Waals surface area contributed by atoms with E-state index in [1.807, 2.05) is 0 Å². The lowest BCUT2D eigenvalue weighted by molar-refractivity contribution is -0.139. The van der Waals surface area contributed by atoms with E-state index in [4.69, 9.17) is 0 Å². The summed E-state index contributed by atoms with van der Waals surface area (Å²) >= 11 is 0. The first-order valence-electron chi connectivity index (χ1n) is 7.83. The molecule has 1 aliphatic heterocycles. The number of nitrogens with zero attached hydrogens (tertiary/aromatic N) is 3. The molecule has 2 rings (SSSR count). The summed E-state index contributed by atoms with van der Waals surface area (Å²) in [4.78, 5) is 13.7. The quantitative estimate of drug-likeness (QED) is 0.895. The van der Waals surface area contributed by atoms with Crippen molar-refractivity contribution in [2.75, 3.05) is 24.5 Å². The van der Waals surface area contributed by atoms with E-state index in [1.165, 1.54) is 4.68 Å². The van der Waals surface area contributed by atoms with Gasteiger partial charge in [-0.15, -0.1) is 0 Å². The third-order valence-electron chi connectivity index (χ3n) is 4.23. The molecule has 8 heteroatoms. The summed E-state index contributed by atoms with van der Waals surface area (Å²) in [6.07, 6.45) is -1.47. The van der Waals surface area contributed by atoms with Crippen molar-refractivity contribution in [2.45, 2.75) is 38.4 Å². The van der Waals surface area contributed by atoms with Crippen LogP contribution in [0.4, 0.5) is 18.9 Å². The van der Waals surface area contributed by atoms with Gasteiger partial charge in [-0.3, -0.25) is 4.79 Å². The molecule has 0 unspecified atom stereocenters. The molecule has 0 radical (unpaired) electrons. The zero-order chi connectivity index (χ0) is 17.0. The van der Waals surface area contributed by atoms with Crippen LogP contribution in [0, 0.1) is 5.92 Å². The Kier molecular flexibility index (Phi) is 5.67. The van der Waals surface area contributed by atoms with Crippen molar-refractivity contribution in [1.29, 1.82) is 0 Å². The molecule has 0 aliphatic carbocycles. The molecule has 5 nitrogen and oxygen atoms in total. The molecule has 1 aliphatic rings. The second-order valence-electron chi connectivity index (χ2n) is 6.23. The number of rotatable bonds is 5. The Bertz CT molecular complexity index is 565. The molecule has 130 valence electrons. The first kappa shape index (κ1) is 17.8. The van der Waals surface area contributed by atoms with Crippen LogP contribution in [0.15, 0.2) is 17.1 Å². The molecule has 23 heavy (non-hydrogen) atoms. The van der Waals surface area contributed by atoms with Crippen molar-refractivity contribution >= 4 is 5.69 Å². The Hall–Kier alpha value is -1.57. The number of aromatic nitrogens is 2. The second-order valence-corrected chi connectivity index (χ2v) is 6.23. The zero-order valence-electron chi connectivity index (χ0n) is 13.4. The Balaban J connectivity index is 1.77. The van der Waals surface area contributed by atoms with Crippen molar-refractivity contribution < 1.29 is 13.2 Å². The molecule has 1 atom stereocenters. The van der Waals surface area contributed by atoms with E-state index < -0.39 is 18.6 Å². The topological polar surface area (TPSA) is 50.2 Å². The number of alkyl halides is 3. The maximum absolute atomic E-state index is 12.3. The van der Waals surface area contributed by atoms with Crippen LogP contribution in [-0.4, -0.2) is 41.6 Å². The number of hydrogen-bond donors (Lipinski definition) is 1. The Morgan fingerprint density at radius 2 is 2.04 bits per heavy atom. The Labute approximate surface area is 133 Å². The standard InChI is InChI=1S/C15H23F3N4O/c1-11(8-15(16,17)18)19-9-12-3-5-22(6-4-12)13-7-14(23)21(2)20-10-13/h7,10-12,19H,3-6,8-9H2,1-2H3/t11-/m0/s1. The van der Waals surface area contributed by atoms with Crippen LogP contribution in [0.5, 0.6) is 0 Å². The van der Waals surface area contributed by atoms with E-state index in [0.717, 1.165) is 31.6 Å². The minimum atomic E-state index is -4.12. The largest absolute Gasteiger partial charge is 0.390 e. The highest BCUT2D eigenvalue weighted by atomic mass is 19.4. The van der Waals surface area contributed by atoms with E-state index >= 15 is 0 Å². The zero-order valence-corrected chi connectivity index (χ0v) is 13.4. The molecule has 2 heterocycles. The first-order chi connectivity index (χ1) is 10.7. The molecule has 1 aromatic heterocycles. The van der Waals surface area contributed by atoms with Crippen LogP contribution in [0.2, 0.25) is 0 Å². The fourth-order valence-electron chi connectivity index (χ4n) is 2.82. The number of hydrogen-bond acceptors (Lipinski definition) is 4. The van der Waals surface area contributed by atoms with Gasteiger partial charge in [0, 0.05) is 32.2 Å². The second kappa shape index (κ2) is 7.33. The third-order valence-corrected chi connectivity index (χ3v) is 4.23. The normalized spacial score (nSPS) is 18.2. The van der Waals surface area contributed by atoms with Gasteiger partial charge in [0.2, 0.25) is 0 Å². The maximum atomic E-state index is 12.3. The van der Waals surface area contributed by atoms with Gasteiger partial charge in [0.1, 0.15) is 0 Å². The summed E-state index contributed by atoms with van der Waals surface area (Å²) in [5.74, 6) is 0.362. The van der Waals surface area contributed by atoms with E-state index in [9.17, 15) is 18.0 Å². The number of nitrogens with one attached hydrogen (secondary N) is 1. The van der Waals surface area contributed by atoms with Crippen LogP contribution in [0.3, 0.4) is 0 Å². The predicted octanol–water partition coefficient (Wildman–Crippen LogP) is 1.93. The third kappa shape index (κ3) is 5.53. The highest BCUT2D eigenvalue weighted by molar-refractivity contribution is 5.43. The molecule has 1 aromatic rings. The molecule has 0 bridgehead atoms. The monoisotopic (exact) mass is 332 g/mol. The van der Waals surface area contributed by atoms with Crippen LogP contribution in [0.25, 0.3) is 0 Å². The lowest BCUT2D eigenvalue weighted by atomic mass is 9.96. The summed E-state index contributed by atoms with van der Waals surface area (Å²) in [7, 11) is 1.60. The van der Waals surface area contributed by atoms with Crippen molar-refractivity contribution in [3.63, 3.8) is 0 Å². The van der Waals surface area contributed by atoms with Gasteiger partial charge < -0.3 is 10.2 Å². The molecular formula is C15H23F3N4O. The van der Waals surface area contributed by atoms with E-state index in [1.54, 1.807) is 26.2 Å². The van der Waals surface area contributed by atoms with E-state index in [0.29, 0.717) is 12.5 Å². The smallest absolute Gasteiger partial charge is 0.370 e. The van der Waals surface area contributed by atoms with Crippen molar-refractivity contribution in [3.05, 3.63) is 22.6 Å². The number of halogens is 3. The predicted molar refractivity (Wildman–Crippen MR) is 82.6 cm³/mol. The average molecular weight is 332 g/mol. The van der Waals surface area contributed by atoms with Gasteiger partial charge in [0.25, 0.3) is 5.56 Å². The highest BCUT2D eigenvalue weighted by Crippen LogP contribution is 2.23.